The van der Waals surface area contributed by atoms with E-state index in [0.29, 0.717) is 5.69 Å². The van der Waals surface area contributed by atoms with Crippen molar-refractivity contribution in [1.82, 2.24) is 0 Å². The van der Waals surface area contributed by atoms with Crippen LogP contribution in [-0.2, 0) is 21.0 Å². The number of nitrogens with zero attached hydrogens (tertiary/aromatic N) is 2. The quantitative estimate of drug-likeness (QED) is 0.706. The summed E-state index contributed by atoms with van der Waals surface area (Å²) in [6.07, 6.45) is 0.400. The van der Waals surface area contributed by atoms with Crippen LogP contribution < -0.4 is 10.2 Å². The molecule has 1 rings (SSSR count). The Morgan fingerprint density at radius 2 is 2.00 bits per heavy atom. The Bertz CT molecular complexity index is 752. The Morgan fingerprint density at radius 3 is 2.54 bits per heavy atom. The van der Waals surface area contributed by atoms with Gasteiger partial charge in [-0.15, -0.1) is 0 Å². The molecule has 7 nitrogen and oxygen atoms in total. The summed E-state index contributed by atoms with van der Waals surface area (Å²) in [7, 11) is -3.13. The first-order valence-electron chi connectivity index (χ1n) is 8.60. The number of sulfone groups is 1. The van der Waals surface area contributed by atoms with Gasteiger partial charge in [-0.25, -0.2) is 13.2 Å². The molecule has 0 aliphatic carbocycles. The lowest BCUT2D eigenvalue weighted by atomic mass is 10.1. The third-order valence-corrected chi connectivity index (χ3v) is 4.83. The average Bonchev–Trinajstić information content (AvgIpc) is 2.55. The molecule has 26 heavy (non-hydrogen) atoms. The summed E-state index contributed by atoms with van der Waals surface area (Å²) < 4.78 is 28.2. The number of nitrogens with one attached hydrogen (secondary N) is 1. The summed E-state index contributed by atoms with van der Waals surface area (Å²) in [4.78, 5) is 14.2. The third kappa shape index (κ3) is 7.31. The van der Waals surface area contributed by atoms with Gasteiger partial charge in [0.05, 0.1) is 18.2 Å². The van der Waals surface area contributed by atoms with Crippen LogP contribution in [0.4, 0.5) is 16.2 Å². The molecule has 0 radical (unpaired) electrons. The fourth-order valence-electron chi connectivity index (χ4n) is 2.48. The molecule has 1 amide bonds. The minimum Gasteiger partial charge on any atom is -0.445 e. The molecule has 0 aliphatic rings. The molecular formula is C18H27N3O4S. The highest BCUT2D eigenvalue weighted by Gasteiger charge is 2.14. The molecule has 0 spiro atoms. The van der Waals surface area contributed by atoms with Gasteiger partial charge in [0, 0.05) is 30.7 Å². The number of carbonyl (C=O) groups is 1. The lowest BCUT2D eigenvalue weighted by molar-refractivity contribution is 0.123. The molecule has 1 aromatic rings. The first kappa shape index (κ1) is 21.8. The zero-order valence-electron chi connectivity index (χ0n) is 15.8. The van der Waals surface area contributed by atoms with Crippen molar-refractivity contribution < 1.29 is 17.9 Å². The zero-order valence-corrected chi connectivity index (χ0v) is 16.6. The predicted octanol–water partition coefficient (Wildman–Crippen LogP) is 2.97. The second-order valence-electron chi connectivity index (χ2n) is 6.10. The molecule has 144 valence electrons. The van der Waals surface area contributed by atoms with Crippen molar-refractivity contribution in [2.24, 2.45) is 0 Å². The normalized spacial score (nSPS) is 12.1. The summed E-state index contributed by atoms with van der Waals surface area (Å²) in [6, 6.07) is 7.47. The van der Waals surface area contributed by atoms with Gasteiger partial charge in [-0.05, 0) is 51.0 Å². The largest absolute Gasteiger partial charge is 0.445 e. The number of rotatable bonds is 9. The van der Waals surface area contributed by atoms with Gasteiger partial charge in [-0.1, -0.05) is 0 Å². The molecule has 0 aliphatic heterocycles. The predicted molar refractivity (Wildman–Crippen MR) is 103 cm³/mol. The molecule has 0 fully saturated rings. The summed E-state index contributed by atoms with van der Waals surface area (Å²) in [5, 5.41) is 11.3. The van der Waals surface area contributed by atoms with E-state index in [0.717, 1.165) is 24.3 Å². The first-order valence-corrected chi connectivity index (χ1v) is 10.7. The van der Waals surface area contributed by atoms with Crippen LogP contribution in [0.5, 0.6) is 0 Å². The maximum absolute atomic E-state index is 12.0. The fraction of sp³-hybridized carbons (Fsp3) is 0.556. The van der Waals surface area contributed by atoms with E-state index in [1.54, 1.807) is 13.0 Å². The van der Waals surface area contributed by atoms with E-state index in [-0.39, 0.29) is 18.6 Å². The number of carbonyl (C=O) groups excluding carboxylic acids is 1. The highest BCUT2D eigenvalue weighted by Crippen LogP contribution is 2.24. The second kappa shape index (κ2) is 10.0. The number of ether oxygens (including phenoxy) is 1. The SMILES string of the molecule is CCN(CC)c1ccc(NC(=O)OC(C)CC#N)c(CCS(C)(=O)=O)c1. The molecule has 1 atom stereocenters. The lowest BCUT2D eigenvalue weighted by Gasteiger charge is -2.23. The van der Waals surface area contributed by atoms with Gasteiger partial charge in [0.1, 0.15) is 15.9 Å². The van der Waals surface area contributed by atoms with E-state index in [4.69, 9.17) is 10.00 Å². The van der Waals surface area contributed by atoms with E-state index >= 15 is 0 Å². The Labute approximate surface area is 155 Å². The van der Waals surface area contributed by atoms with Crippen LogP contribution in [0, 0.1) is 11.3 Å². The van der Waals surface area contributed by atoms with Crippen LogP contribution in [-0.4, -0.2) is 45.7 Å². The third-order valence-electron chi connectivity index (χ3n) is 3.88. The van der Waals surface area contributed by atoms with Crippen LogP contribution in [0.3, 0.4) is 0 Å². The number of aryl methyl sites for hydroxylation is 1. The van der Waals surface area contributed by atoms with Gasteiger partial charge < -0.3 is 9.64 Å². The molecule has 1 aromatic carbocycles. The molecule has 0 bridgehead atoms. The van der Waals surface area contributed by atoms with Gasteiger partial charge in [-0.3, -0.25) is 5.32 Å². The molecule has 0 saturated heterocycles. The van der Waals surface area contributed by atoms with Crippen molar-refractivity contribution >= 4 is 27.3 Å². The molecule has 0 saturated carbocycles. The van der Waals surface area contributed by atoms with Crippen molar-refractivity contribution in [2.75, 3.05) is 35.3 Å². The monoisotopic (exact) mass is 381 g/mol. The average molecular weight is 381 g/mol. The van der Waals surface area contributed by atoms with Crippen molar-refractivity contribution in [2.45, 2.75) is 39.7 Å². The van der Waals surface area contributed by atoms with E-state index in [1.165, 1.54) is 6.26 Å². The number of hydrogen-bond acceptors (Lipinski definition) is 6. The topological polar surface area (TPSA) is 99.5 Å². The smallest absolute Gasteiger partial charge is 0.411 e. The molecule has 8 heteroatoms. The number of benzene rings is 1. The fourth-order valence-corrected chi connectivity index (χ4v) is 3.07. The summed E-state index contributed by atoms with van der Waals surface area (Å²) >= 11 is 0. The number of hydrogen-bond donors (Lipinski definition) is 1. The molecule has 0 aromatic heterocycles. The maximum Gasteiger partial charge on any atom is 0.411 e. The Balaban J connectivity index is 3.04. The minimum absolute atomic E-state index is 0.0106. The highest BCUT2D eigenvalue weighted by atomic mass is 32.2. The first-order chi connectivity index (χ1) is 12.2. The van der Waals surface area contributed by atoms with Crippen molar-refractivity contribution in [3.63, 3.8) is 0 Å². The van der Waals surface area contributed by atoms with E-state index in [9.17, 15) is 13.2 Å². The Morgan fingerprint density at radius 1 is 1.35 bits per heavy atom. The minimum atomic E-state index is -3.13. The maximum atomic E-state index is 12.0. The highest BCUT2D eigenvalue weighted by molar-refractivity contribution is 7.90. The summed E-state index contributed by atoms with van der Waals surface area (Å²) in [5.41, 5.74) is 2.21. The molecule has 1 unspecified atom stereocenters. The molecular weight excluding hydrogens is 354 g/mol. The second-order valence-corrected chi connectivity index (χ2v) is 8.36. The number of anilines is 2. The van der Waals surface area contributed by atoms with Gasteiger partial charge >= 0.3 is 6.09 Å². The van der Waals surface area contributed by atoms with E-state index in [1.807, 2.05) is 32.0 Å². The summed E-state index contributed by atoms with van der Waals surface area (Å²) in [6.45, 7) is 7.36. The number of nitriles is 1. The van der Waals surface area contributed by atoms with Gasteiger partial charge in [0.25, 0.3) is 0 Å². The number of amides is 1. The molecule has 1 N–H and O–H groups in total. The van der Waals surface area contributed by atoms with Gasteiger partial charge in [-0.2, -0.15) is 5.26 Å². The van der Waals surface area contributed by atoms with Crippen molar-refractivity contribution in [3.8, 4) is 6.07 Å². The Kier molecular flexibility index (Phi) is 8.39. The van der Waals surface area contributed by atoms with Gasteiger partial charge in [0.15, 0.2) is 0 Å². The van der Waals surface area contributed by atoms with E-state index in [2.05, 4.69) is 10.2 Å². The summed E-state index contributed by atoms with van der Waals surface area (Å²) in [5.74, 6) is -0.0106. The van der Waals surface area contributed by atoms with Crippen molar-refractivity contribution in [3.05, 3.63) is 23.8 Å². The zero-order chi connectivity index (χ0) is 19.7. The lowest BCUT2D eigenvalue weighted by Crippen LogP contribution is -2.23. The van der Waals surface area contributed by atoms with Crippen LogP contribution in [0.25, 0.3) is 0 Å². The van der Waals surface area contributed by atoms with Crippen LogP contribution in [0.1, 0.15) is 32.8 Å². The van der Waals surface area contributed by atoms with Gasteiger partial charge in [0.2, 0.25) is 0 Å². The van der Waals surface area contributed by atoms with Crippen molar-refractivity contribution in [1.29, 1.82) is 5.26 Å². The van der Waals surface area contributed by atoms with Crippen LogP contribution >= 0.6 is 0 Å². The van der Waals surface area contributed by atoms with E-state index < -0.39 is 22.0 Å². The standard InChI is InChI=1S/C18H27N3O4S/c1-5-21(6-2)16-7-8-17(15(13-16)10-12-26(4,23)24)20-18(22)25-14(3)9-11-19/h7-8,13-14H,5-6,9-10,12H2,1-4H3,(H,20,22). The van der Waals surface area contributed by atoms with Crippen LogP contribution in [0.2, 0.25) is 0 Å². The van der Waals surface area contributed by atoms with Crippen LogP contribution in [0.15, 0.2) is 18.2 Å². The molecule has 0 heterocycles. The Hall–Kier alpha value is -2.27.